The SMILES string of the molecule is CN(C)c1ccc([PH+](C(C)(C)C)C(C)(C)C)cc1.[CH2-]/C=C/C.[Cl][Pd+]. The molecule has 0 aliphatic carbocycles. The molecular weight excluding hydrogens is 427 g/mol. The van der Waals surface area contributed by atoms with Crippen molar-refractivity contribution in [2.45, 2.75) is 58.8 Å². The summed E-state index contributed by atoms with van der Waals surface area (Å²) in [6.07, 6.45) is 3.64. The maximum atomic E-state index is 4.49. The Morgan fingerprint density at radius 1 is 0.958 bits per heavy atom. The van der Waals surface area contributed by atoms with Crippen LogP contribution in [0, 0.1) is 6.92 Å². The minimum atomic E-state index is -0.614. The fourth-order valence-electron chi connectivity index (χ4n) is 2.92. The molecule has 0 aromatic heterocycles. The molecule has 0 bridgehead atoms. The number of hydrogen-bond donors (Lipinski definition) is 0. The van der Waals surface area contributed by atoms with Gasteiger partial charge in [0.25, 0.3) is 0 Å². The molecule has 1 nitrogen and oxygen atoms in total. The van der Waals surface area contributed by atoms with Crippen LogP contribution in [0.2, 0.25) is 0 Å². The molecule has 0 spiro atoms. The molecule has 142 valence electrons. The topological polar surface area (TPSA) is 3.24 Å². The van der Waals surface area contributed by atoms with E-state index >= 15 is 0 Å². The molecule has 0 aliphatic heterocycles. The van der Waals surface area contributed by atoms with E-state index in [-0.39, 0.29) is 0 Å². The van der Waals surface area contributed by atoms with E-state index in [4.69, 9.17) is 0 Å². The molecule has 24 heavy (non-hydrogen) atoms. The summed E-state index contributed by atoms with van der Waals surface area (Å²) in [6.45, 7) is 19.6. The summed E-state index contributed by atoms with van der Waals surface area (Å²) in [7, 11) is 8.06. The Bertz CT molecular complexity index is 438. The second kappa shape index (κ2) is 12.4. The molecule has 0 fully saturated rings. The summed E-state index contributed by atoms with van der Waals surface area (Å²) in [4.78, 5) is 2.16. The molecule has 4 heteroatoms. The maximum absolute atomic E-state index is 4.49. The van der Waals surface area contributed by atoms with Gasteiger partial charge in [-0.1, -0.05) is 0 Å². The zero-order valence-electron chi connectivity index (χ0n) is 16.8. The van der Waals surface area contributed by atoms with Crippen LogP contribution in [-0.2, 0) is 18.2 Å². The Hall–Kier alpha value is 0.0123. The van der Waals surface area contributed by atoms with Gasteiger partial charge in [0.05, 0.1) is 15.6 Å². The van der Waals surface area contributed by atoms with Crippen molar-refractivity contribution in [3.8, 4) is 0 Å². The first-order valence-electron chi connectivity index (χ1n) is 8.13. The van der Waals surface area contributed by atoms with Crippen LogP contribution in [0.5, 0.6) is 0 Å². The molecule has 1 aromatic carbocycles. The number of halogens is 1. The normalized spacial score (nSPS) is 11.5. The Morgan fingerprint density at radius 3 is 1.50 bits per heavy atom. The Kier molecular flexibility index (Phi) is 13.5. The van der Waals surface area contributed by atoms with Gasteiger partial charge in [-0.25, -0.2) is 19.1 Å². The van der Waals surface area contributed by atoms with E-state index in [0.717, 1.165) is 0 Å². The van der Waals surface area contributed by atoms with Gasteiger partial charge in [0.2, 0.25) is 0 Å². The van der Waals surface area contributed by atoms with E-state index < -0.39 is 7.92 Å². The molecule has 0 atom stereocenters. The fourth-order valence-corrected chi connectivity index (χ4v) is 7.40. The first-order chi connectivity index (χ1) is 10.9. The van der Waals surface area contributed by atoms with Crippen LogP contribution in [0.25, 0.3) is 0 Å². The summed E-state index contributed by atoms with van der Waals surface area (Å²) in [5.74, 6) is 0. The zero-order chi connectivity index (χ0) is 19.6. The van der Waals surface area contributed by atoms with Gasteiger partial charge < -0.3 is 4.90 Å². The van der Waals surface area contributed by atoms with Crippen LogP contribution in [0.3, 0.4) is 0 Å². The van der Waals surface area contributed by atoms with Crippen molar-refractivity contribution in [3.63, 3.8) is 0 Å². The molecule has 0 aliphatic rings. The van der Waals surface area contributed by atoms with Gasteiger partial charge in [-0.05, 0) is 65.8 Å². The van der Waals surface area contributed by atoms with E-state index in [2.05, 4.69) is 119 Å². The number of nitrogens with zero attached hydrogens (tertiary/aromatic N) is 1. The fraction of sp³-hybridized carbons (Fsp3) is 0.550. The van der Waals surface area contributed by atoms with Gasteiger partial charge in [0, 0.05) is 27.7 Å². The average Bonchev–Trinajstić information content (AvgIpc) is 2.47. The Balaban J connectivity index is 0. The molecule has 0 saturated carbocycles. The van der Waals surface area contributed by atoms with Crippen molar-refractivity contribution in [2.75, 3.05) is 19.0 Å². The van der Waals surface area contributed by atoms with Crippen molar-refractivity contribution in [1.82, 2.24) is 0 Å². The van der Waals surface area contributed by atoms with Crippen LogP contribution in [0.15, 0.2) is 36.4 Å². The van der Waals surface area contributed by atoms with E-state index in [9.17, 15) is 0 Å². The third-order valence-electron chi connectivity index (χ3n) is 3.41. The molecule has 0 amide bonds. The third-order valence-corrected chi connectivity index (χ3v) is 7.32. The summed E-state index contributed by atoms with van der Waals surface area (Å²) >= 11 is 2.22. The van der Waals surface area contributed by atoms with Crippen LogP contribution >= 0.6 is 17.5 Å². The second-order valence-electron chi connectivity index (χ2n) is 7.89. The number of benzene rings is 1. The van der Waals surface area contributed by atoms with Crippen molar-refractivity contribution in [3.05, 3.63) is 43.3 Å². The van der Waals surface area contributed by atoms with E-state index in [1.54, 1.807) is 11.4 Å². The number of hydrogen-bond acceptors (Lipinski definition) is 1. The number of rotatable bonds is 2. The quantitative estimate of drug-likeness (QED) is 0.284. The molecule has 0 N–H and O–H groups in total. The van der Waals surface area contributed by atoms with Crippen LogP contribution < -0.4 is 10.2 Å². The summed E-state index contributed by atoms with van der Waals surface area (Å²) in [6, 6.07) is 9.16. The van der Waals surface area contributed by atoms with E-state index in [0.29, 0.717) is 10.3 Å². The molecule has 1 rings (SSSR count). The van der Waals surface area contributed by atoms with Crippen LogP contribution in [-0.4, -0.2) is 24.4 Å². The summed E-state index contributed by atoms with van der Waals surface area (Å²) in [5.41, 5.74) is 1.28. The first kappa shape index (κ1) is 26.2. The molecular formula is C20H36ClNPPd+. The van der Waals surface area contributed by atoms with Crippen molar-refractivity contribution in [2.24, 2.45) is 0 Å². The molecule has 0 unspecified atom stereocenters. The van der Waals surface area contributed by atoms with Gasteiger partial charge in [-0.15, -0.1) is 6.92 Å². The summed E-state index contributed by atoms with van der Waals surface area (Å²) in [5, 5.41) is 2.30. The van der Waals surface area contributed by atoms with Gasteiger partial charge in [0.15, 0.2) is 0 Å². The average molecular weight is 463 g/mol. The standard InChI is InChI=1S/C16H28NP.C4H7.ClH.Pd/c1-15(2,3)18(16(4,5)6)14-11-9-13(10-12-14)17(7)8;1-3-4-2;;/h9-12H,1-8H3;3-4H,1H2,2H3;1H;/q;-1;;+2/b;4-3+;;. The van der Waals surface area contributed by atoms with Crippen molar-refractivity contribution < 1.29 is 18.2 Å². The minimum absolute atomic E-state index is 0.378. The zero-order valence-corrected chi connectivity index (χ0v) is 20.1. The third kappa shape index (κ3) is 10.1. The second-order valence-corrected chi connectivity index (χ2v) is 12.2. The van der Waals surface area contributed by atoms with Gasteiger partial charge in [-0.3, -0.25) is 0 Å². The van der Waals surface area contributed by atoms with Gasteiger partial charge in [0.1, 0.15) is 0 Å². The number of anilines is 1. The van der Waals surface area contributed by atoms with Crippen LogP contribution in [0.1, 0.15) is 48.5 Å². The van der Waals surface area contributed by atoms with Crippen molar-refractivity contribution in [1.29, 1.82) is 0 Å². The molecule has 0 heterocycles. The molecule has 0 saturated heterocycles. The van der Waals surface area contributed by atoms with E-state index in [1.165, 1.54) is 5.69 Å². The Morgan fingerprint density at radius 2 is 1.29 bits per heavy atom. The van der Waals surface area contributed by atoms with Crippen LogP contribution in [0.4, 0.5) is 5.69 Å². The van der Waals surface area contributed by atoms with E-state index in [1.807, 2.05) is 13.0 Å². The predicted octanol–water partition coefficient (Wildman–Crippen LogP) is 6.27. The number of allylic oxidation sites excluding steroid dienone is 2. The molecule has 1 aromatic rings. The monoisotopic (exact) mass is 462 g/mol. The Labute approximate surface area is 167 Å². The predicted molar refractivity (Wildman–Crippen MR) is 114 cm³/mol. The molecule has 0 radical (unpaired) electrons. The van der Waals surface area contributed by atoms with Gasteiger partial charge in [-0.2, -0.15) is 0 Å². The van der Waals surface area contributed by atoms with Gasteiger partial charge >= 0.3 is 27.7 Å². The summed E-state index contributed by atoms with van der Waals surface area (Å²) < 4.78 is 0. The first-order valence-corrected chi connectivity index (χ1v) is 11.6. The van der Waals surface area contributed by atoms with Crippen molar-refractivity contribution >= 4 is 28.4 Å².